The third-order valence-corrected chi connectivity index (χ3v) is 4.02. The average molecular weight is 376 g/mol. The van der Waals surface area contributed by atoms with Crippen LogP contribution in [0, 0.1) is 5.92 Å². The summed E-state index contributed by atoms with van der Waals surface area (Å²) in [6.45, 7) is 8.52. The van der Waals surface area contributed by atoms with E-state index < -0.39 is 12.0 Å². The first-order chi connectivity index (χ1) is 12.9. The number of ether oxygens (including phenoxy) is 3. The molecule has 2 amide bonds. The van der Waals surface area contributed by atoms with Crippen LogP contribution in [0.2, 0.25) is 0 Å². The molecule has 0 radical (unpaired) electrons. The van der Waals surface area contributed by atoms with Crippen LogP contribution in [0.1, 0.15) is 45.7 Å². The van der Waals surface area contributed by atoms with Crippen molar-refractivity contribution in [3.63, 3.8) is 0 Å². The Labute approximate surface area is 160 Å². The number of amides is 2. The summed E-state index contributed by atoms with van der Waals surface area (Å²) in [5, 5.41) is 5.43. The number of rotatable bonds is 8. The highest BCUT2D eigenvalue weighted by molar-refractivity contribution is 5.95. The molecule has 0 unspecified atom stereocenters. The lowest BCUT2D eigenvalue weighted by Crippen LogP contribution is -2.45. The van der Waals surface area contributed by atoms with Gasteiger partial charge in [0.25, 0.3) is 0 Å². The van der Waals surface area contributed by atoms with Crippen molar-refractivity contribution in [2.45, 2.75) is 40.2 Å². The molecule has 1 aliphatic rings. The summed E-state index contributed by atoms with van der Waals surface area (Å²) in [5.74, 6) is 0.924. The molecule has 2 N–H and O–H groups in total. The monoisotopic (exact) mass is 376 g/mol. The molecule has 1 atom stereocenters. The Balaban J connectivity index is 2.36. The van der Waals surface area contributed by atoms with Crippen molar-refractivity contribution in [3.8, 4) is 11.5 Å². The first-order valence-corrected chi connectivity index (χ1v) is 9.13. The SMILES string of the molecule is CCCOc1ccc([C@@H]2NC(=O)NC(C)=C2C(=O)OCC(C)C)cc1OC. The minimum absolute atomic E-state index is 0.217. The van der Waals surface area contributed by atoms with Crippen molar-refractivity contribution < 1.29 is 23.8 Å². The zero-order valence-electron chi connectivity index (χ0n) is 16.5. The van der Waals surface area contributed by atoms with Crippen LogP contribution in [0.3, 0.4) is 0 Å². The molecule has 0 fully saturated rings. The third kappa shape index (κ3) is 5.15. The van der Waals surface area contributed by atoms with Gasteiger partial charge in [0, 0.05) is 5.70 Å². The van der Waals surface area contributed by atoms with Crippen LogP contribution in [0.15, 0.2) is 29.5 Å². The van der Waals surface area contributed by atoms with Gasteiger partial charge in [0.2, 0.25) is 0 Å². The van der Waals surface area contributed by atoms with Gasteiger partial charge in [-0.2, -0.15) is 0 Å². The number of carbonyl (C=O) groups is 2. The predicted octanol–water partition coefficient (Wildman–Crippen LogP) is 3.31. The van der Waals surface area contributed by atoms with Gasteiger partial charge in [0.15, 0.2) is 11.5 Å². The fraction of sp³-hybridized carbons (Fsp3) is 0.500. The lowest BCUT2D eigenvalue weighted by Gasteiger charge is -2.28. The smallest absolute Gasteiger partial charge is 0.338 e. The molecule has 148 valence electrons. The number of benzene rings is 1. The second-order valence-electron chi connectivity index (χ2n) is 6.82. The standard InChI is InChI=1S/C20H28N2O5/c1-6-9-26-15-8-7-14(10-16(15)25-5)18-17(13(4)21-20(24)22-18)19(23)27-11-12(2)3/h7-8,10,12,18H,6,9,11H2,1-5H3,(H2,21,22,24)/t18-/m0/s1. The second kappa shape index (κ2) is 9.30. The number of hydrogen-bond donors (Lipinski definition) is 2. The molecule has 1 heterocycles. The quantitative estimate of drug-likeness (QED) is 0.680. The van der Waals surface area contributed by atoms with E-state index in [-0.39, 0.29) is 11.9 Å². The van der Waals surface area contributed by atoms with Gasteiger partial charge in [-0.15, -0.1) is 0 Å². The molecule has 0 bridgehead atoms. The number of allylic oxidation sites excluding steroid dienone is 1. The zero-order chi connectivity index (χ0) is 20.0. The van der Waals surface area contributed by atoms with Gasteiger partial charge in [-0.25, -0.2) is 9.59 Å². The predicted molar refractivity (Wildman–Crippen MR) is 102 cm³/mol. The van der Waals surface area contributed by atoms with E-state index >= 15 is 0 Å². The Morgan fingerprint density at radius 2 is 2.00 bits per heavy atom. The van der Waals surface area contributed by atoms with Crippen molar-refractivity contribution in [3.05, 3.63) is 35.0 Å². The number of carbonyl (C=O) groups excluding carboxylic acids is 2. The van der Waals surface area contributed by atoms with E-state index in [1.807, 2.05) is 26.8 Å². The molecule has 27 heavy (non-hydrogen) atoms. The minimum atomic E-state index is -0.632. The van der Waals surface area contributed by atoms with E-state index in [1.165, 1.54) is 0 Å². The number of hydrogen-bond acceptors (Lipinski definition) is 5. The van der Waals surface area contributed by atoms with Crippen LogP contribution in [-0.4, -0.2) is 32.3 Å². The first kappa shape index (κ1) is 20.6. The molecule has 0 saturated heterocycles. The van der Waals surface area contributed by atoms with Crippen LogP contribution >= 0.6 is 0 Å². The van der Waals surface area contributed by atoms with E-state index in [1.54, 1.807) is 26.2 Å². The van der Waals surface area contributed by atoms with Crippen molar-refractivity contribution >= 4 is 12.0 Å². The molecule has 7 nitrogen and oxygen atoms in total. The van der Waals surface area contributed by atoms with Crippen LogP contribution < -0.4 is 20.1 Å². The van der Waals surface area contributed by atoms with E-state index in [9.17, 15) is 9.59 Å². The molecule has 7 heteroatoms. The molecule has 1 aromatic rings. The molecule has 2 rings (SSSR count). The molecule has 1 aliphatic heterocycles. The summed E-state index contributed by atoms with van der Waals surface area (Å²) in [6.07, 6.45) is 0.878. The Morgan fingerprint density at radius 3 is 2.63 bits per heavy atom. The molecule has 0 spiro atoms. The summed E-state index contributed by atoms with van der Waals surface area (Å²) in [7, 11) is 1.55. The van der Waals surface area contributed by atoms with Crippen molar-refractivity contribution in [2.75, 3.05) is 20.3 Å². The highest BCUT2D eigenvalue weighted by Gasteiger charge is 2.32. The van der Waals surface area contributed by atoms with Gasteiger partial charge < -0.3 is 24.8 Å². The highest BCUT2D eigenvalue weighted by Crippen LogP contribution is 2.34. The van der Waals surface area contributed by atoms with Crippen molar-refractivity contribution in [1.29, 1.82) is 0 Å². The Morgan fingerprint density at radius 1 is 1.26 bits per heavy atom. The first-order valence-electron chi connectivity index (χ1n) is 9.13. The van der Waals surface area contributed by atoms with Crippen LogP contribution in [0.4, 0.5) is 4.79 Å². The third-order valence-electron chi connectivity index (χ3n) is 4.02. The lowest BCUT2D eigenvalue weighted by atomic mass is 9.95. The minimum Gasteiger partial charge on any atom is -0.493 e. The van der Waals surface area contributed by atoms with Gasteiger partial charge in [-0.1, -0.05) is 26.8 Å². The Hall–Kier alpha value is -2.70. The van der Waals surface area contributed by atoms with E-state index in [4.69, 9.17) is 14.2 Å². The summed E-state index contributed by atoms with van der Waals surface area (Å²) >= 11 is 0. The summed E-state index contributed by atoms with van der Waals surface area (Å²) in [6, 6.07) is 4.36. The van der Waals surface area contributed by atoms with Gasteiger partial charge >= 0.3 is 12.0 Å². The second-order valence-corrected chi connectivity index (χ2v) is 6.82. The molecule has 0 aromatic heterocycles. The molecule has 0 aliphatic carbocycles. The Kier molecular flexibility index (Phi) is 7.10. The van der Waals surface area contributed by atoms with Gasteiger partial charge in [0.1, 0.15) is 0 Å². The van der Waals surface area contributed by atoms with E-state index in [0.717, 1.165) is 6.42 Å². The van der Waals surface area contributed by atoms with Crippen LogP contribution in [0.5, 0.6) is 11.5 Å². The van der Waals surface area contributed by atoms with Gasteiger partial charge in [-0.05, 0) is 37.0 Å². The maximum atomic E-state index is 12.6. The topological polar surface area (TPSA) is 85.9 Å². The van der Waals surface area contributed by atoms with Crippen molar-refractivity contribution in [2.24, 2.45) is 5.92 Å². The summed E-state index contributed by atoms with van der Waals surface area (Å²) in [4.78, 5) is 24.6. The number of esters is 1. The summed E-state index contributed by atoms with van der Waals surface area (Å²) in [5.41, 5.74) is 1.56. The largest absolute Gasteiger partial charge is 0.493 e. The normalized spacial score (nSPS) is 16.7. The maximum absolute atomic E-state index is 12.6. The number of nitrogens with one attached hydrogen (secondary N) is 2. The zero-order valence-corrected chi connectivity index (χ0v) is 16.5. The molecule has 0 saturated carbocycles. The van der Waals surface area contributed by atoms with E-state index in [0.29, 0.717) is 41.5 Å². The fourth-order valence-electron chi connectivity index (χ4n) is 2.73. The average Bonchev–Trinajstić information content (AvgIpc) is 2.63. The van der Waals surface area contributed by atoms with Gasteiger partial charge in [-0.3, -0.25) is 0 Å². The number of methoxy groups -OCH3 is 1. The maximum Gasteiger partial charge on any atom is 0.338 e. The van der Waals surface area contributed by atoms with Crippen LogP contribution in [0.25, 0.3) is 0 Å². The molecular formula is C20H28N2O5. The highest BCUT2D eigenvalue weighted by atomic mass is 16.5. The van der Waals surface area contributed by atoms with Crippen molar-refractivity contribution in [1.82, 2.24) is 10.6 Å². The number of urea groups is 1. The lowest BCUT2D eigenvalue weighted by molar-refractivity contribution is -0.140. The fourth-order valence-corrected chi connectivity index (χ4v) is 2.73. The van der Waals surface area contributed by atoms with Gasteiger partial charge in [0.05, 0.1) is 31.9 Å². The van der Waals surface area contributed by atoms with Crippen LogP contribution in [-0.2, 0) is 9.53 Å². The molecule has 1 aromatic carbocycles. The Bertz CT molecular complexity index is 727. The molecular weight excluding hydrogens is 348 g/mol. The summed E-state index contributed by atoms with van der Waals surface area (Å²) < 4.78 is 16.5. The van der Waals surface area contributed by atoms with E-state index in [2.05, 4.69) is 10.6 Å².